The minimum Gasteiger partial charge on any atom is -0.385 e. The van der Waals surface area contributed by atoms with Gasteiger partial charge in [0.2, 0.25) is 0 Å². The van der Waals surface area contributed by atoms with Crippen LogP contribution in [0.4, 0.5) is 0 Å². The summed E-state index contributed by atoms with van der Waals surface area (Å²) < 4.78 is 0. The van der Waals surface area contributed by atoms with Gasteiger partial charge in [-0.25, -0.2) is 0 Å². The number of Topliss-reactive ketones (excluding diaryl/α,β-unsaturated/α-hetero) is 1. The highest BCUT2D eigenvalue weighted by Crippen LogP contribution is 2.65. The van der Waals surface area contributed by atoms with Gasteiger partial charge >= 0.3 is 0 Å². The molecule has 6 aliphatic rings. The predicted molar refractivity (Wildman–Crippen MR) is 117 cm³/mol. The molecule has 1 N–H and O–H groups in total. The Morgan fingerprint density at radius 3 is 2.11 bits per heavy atom. The van der Waals surface area contributed by atoms with E-state index in [1.165, 1.54) is 12.0 Å². The number of carbonyl (C=O) groups excluding carboxylic acids is 1. The molecule has 6 aliphatic carbocycles. The van der Waals surface area contributed by atoms with Crippen LogP contribution in [0.1, 0.15) is 80.6 Å². The zero-order valence-corrected chi connectivity index (χ0v) is 19.1. The fourth-order valence-electron chi connectivity index (χ4n) is 6.56. The number of fused-ring (bicyclic) bond motifs is 4. The van der Waals surface area contributed by atoms with Gasteiger partial charge in [-0.1, -0.05) is 45.4 Å². The summed E-state index contributed by atoms with van der Waals surface area (Å²) >= 11 is 0. The number of rotatable bonds is 2. The van der Waals surface area contributed by atoms with Crippen molar-refractivity contribution < 1.29 is 9.90 Å². The Labute approximate surface area is 172 Å². The molecule has 0 spiro atoms. The van der Waals surface area contributed by atoms with E-state index in [-0.39, 0.29) is 0 Å². The van der Waals surface area contributed by atoms with Crippen LogP contribution in [0.25, 0.3) is 0 Å². The maximum Gasteiger partial charge on any atom is 0.162 e. The summed E-state index contributed by atoms with van der Waals surface area (Å²) in [6.07, 6.45) is 9.28. The summed E-state index contributed by atoms with van der Waals surface area (Å²) in [6, 6.07) is 0. The van der Waals surface area contributed by atoms with E-state index in [1.54, 1.807) is 0 Å². The minimum atomic E-state index is -0.612. The molecular weight excluding hydrogens is 344 g/mol. The fourth-order valence-corrected chi connectivity index (χ4v) is 6.56. The third-order valence-corrected chi connectivity index (χ3v) is 8.91. The van der Waals surface area contributed by atoms with E-state index in [2.05, 4.69) is 47.3 Å². The van der Waals surface area contributed by atoms with Gasteiger partial charge in [-0.3, -0.25) is 4.79 Å². The number of carbonyl (C=O) groups is 1. The van der Waals surface area contributed by atoms with Crippen molar-refractivity contribution in [3.63, 3.8) is 0 Å². The van der Waals surface area contributed by atoms with Gasteiger partial charge in [0.05, 0.1) is 5.60 Å². The van der Waals surface area contributed by atoms with Gasteiger partial charge < -0.3 is 5.11 Å². The fraction of sp³-hybridized carbons (Fsp3) is 0.731. The molecule has 6 rings (SSSR count). The first-order chi connectivity index (χ1) is 12.9. The van der Waals surface area contributed by atoms with Gasteiger partial charge in [0.1, 0.15) is 0 Å². The SMILES string of the molecule is C/C=C1\C[C@H]2C[C@@H](C1=O)C2(C)C.C=C(C)C[C@@]1(O)/C(=C/C)C[C@H]2C[C@@H]1C2(C)C. The van der Waals surface area contributed by atoms with Crippen molar-refractivity contribution in [2.24, 2.45) is 34.5 Å². The van der Waals surface area contributed by atoms with E-state index >= 15 is 0 Å². The monoisotopic (exact) mass is 384 g/mol. The van der Waals surface area contributed by atoms with E-state index in [4.69, 9.17) is 0 Å². The summed E-state index contributed by atoms with van der Waals surface area (Å²) in [5.74, 6) is 2.72. The molecule has 0 amide bonds. The lowest BCUT2D eigenvalue weighted by atomic mass is 9.42. The lowest BCUT2D eigenvalue weighted by molar-refractivity contribution is -0.168. The highest BCUT2D eigenvalue weighted by atomic mass is 16.3. The molecule has 6 fully saturated rings. The molecule has 0 aromatic carbocycles. The minimum absolute atomic E-state index is 0.295. The molecule has 0 aromatic heterocycles. The second-order valence-corrected chi connectivity index (χ2v) is 11.1. The van der Waals surface area contributed by atoms with E-state index in [0.29, 0.717) is 28.4 Å². The molecule has 156 valence electrons. The first-order valence-electron chi connectivity index (χ1n) is 11.1. The summed E-state index contributed by atoms with van der Waals surface area (Å²) in [4.78, 5) is 11.7. The molecule has 0 unspecified atom stereocenters. The molecule has 2 nitrogen and oxygen atoms in total. The first kappa shape index (κ1) is 21.6. The van der Waals surface area contributed by atoms with Gasteiger partial charge in [-0.2, -0.15) is 0 Å². The Hall–Kier alpha value is -1.15. The van der Waals surface area contributed by atoms with Crippen LogP contribution in [0.3, 0.4) is 0 Å². The Bertz CT molecular complexity index is 736. The number of allylic oxidation sites excluding steroid dienone is 3. The maximum absolute atomic E-state index is 11.7. The van der Waals surface area contributed by atoms with Gasteiger partial charge in [0.15, 0.2) is 5.78 Å². The van der Waals surface area contributed by atoms with Gasteiger partial charge in [-0.05, 0) is 86.2 Å². The van der Waals surface area contributed by atoms with Crippen LogP contribution in [0, 0.1) is 34.5 Å². The first-order valence-corrected chi connectivity index (χ1v) is 11.1. The van der Waals surface area contributed by atoms with Crippen molar-refractivity contribution in [3.05, 3.63) is 35.5 Å². The highest BCUT2D eigenvalue weighted by Gasteiger charge is 2.62. The molecule has 0 aliphatic heterocycles. The van der Waals surface area contributed by atoms with Crippen LogP contribution in [0.15, 0.2) is 35.5 Å². The summed E-state index contributed by atoms with van der Waals surface area (Å²) in [5.41, 5.74) is 3.40. The summed E-state index contributed by atoms with van der Waals surface area (Å²) in [7, 11) is 0. The Morgan fingerprint density at radius 1 is 1.07 bits per heavy atom. The molecule has 5 atom stereocenters. The molecule has 0 saturated heterocycles. The van der Waals surface area contributed by atoms with E-state index in [0.717, 1.165) is 48.7 Å². The van der Waals surface area contributed by atoms with Gasteiger partial charge in [-0.15, -0.1) is 6.58 Å². The number of aliphatic hydroxyl groups is 1. The molecule has 0 aromatic rings. The zero-order valence-electron chi connectivity index (χ0n) is 19.1. The van der Waals surface area contributed by atoms with Crippen LogP contribution < -0.4 is 0 Å². The average molecular weight is 385 g/mol. The van der Waals surface area contributed by atoms with E-state index in [1.807, 2.05) is 19.9 Å². The van der Waals surface area contributed by atoms with Crippen molar-refractivity contribution in [3.8, 4) is 0 Å². The largest absolute Gasteiger partial charge is 0.385 e. The molecule has 6 saturated carbocycles. The lowest BCUT2D eigenvalue weighted by Gasteiger charge is -2.64. The third kappa shape index (κ3) is 3.07. The molecule has 28 heavy (non-hydrogen) atoms. The maximum atomic E-state index is 11.7. The second-order valence-electron chi connectivity index (χ2n) is 11.1. The van der Waals surface area contributed by atoms with Crippen LogP contribution >= 0.6 is 0 Å². The molecule has 0 heterocycles. The third-order valence-electron chi connectivity index (χ3n) is 8.91. The normalized spacial score (nSPS) is 42.2. The predicted octanol–water partition coefficient (Wildman–Crippen LogP) is 6.26. The Balaban J connectivity index is 0.000000167. The average Bonchev–Trinajstić information content (AvgIpc) is 2.60. The summed E-state index contributed by atoms with van der Waals surface area (Å²) in [6.45, 7) is 19.1. The molecule has 2 heteroatoms. The van der Waals surface area contributed by atoms with E-state index < -0.39 is 5.60 Å². The number of hydrogen-bond acceptors (Lipinski definition) is 2. The Kier molecular flexibility index (Phi) is 5.37. The molecule has 4 bridgehead atoms. The lowest BCUT2D eigenvalue weighted by Crippen LogP contribution is -2.62. The van der Waals surface area contributed by atoms with Crippen LogP contribution in [0.2, 0.25) is 0 Å². The van der Waals surface area contributed by atoms with Gasteiger partial charge in [0.25, 0.3) is 0 Å². The van der Waals surface area contributed by atoms with Crippen molar-refractivity contribution in [2.45, 2.75) is 86.2 Å². The highest BCUT2D eigenvalue weighted by molar-refractivity contribution is 5.99. The van der Waals surface area contributed by atoms with Crippen molar-refractivity contribution >= 4 is 5.78 Å². The summed E-state index contributed by atoms with van der Waals surface area (Å²) in [5, 5.41) is 11.0. The molecular formula is C26H40O2. The van der Waals surface area contributed by atoms with Crippen LogP contribution in [0.5, 0.6) is 0 Å². The van der Waals surface area contributed by atoms with Gasteiger partial charge in [0, 0.05) is 12.3 Å². The topological polar surface area (TPSA) is 37.3 Å². The quantitative estimate of drug-likeness (QED) is 0.450. The molecule has 0 radical (unpaired) electrons. The second kappa shape index (κ2) is 6.97. The Morgan fingerprint density at radius 2 is 1.68 bits per heavy atom. The van der Waals surface area contributed by atoms with Crippen molar-refractivity contribution in [1.29, 1.82) is 0 Å². The van der Waals surface area contributed by atoms with Crippen LogP contribution in [-0.4, -0.2) is 16.5 Å². The smallest absolute Gasteiger partial charge is 0.162 e. The number of hydrogen-bond donors (Lipinski definition) is 1. The standard InChI is InChI=1S/C15H24O.C11H16O/c1-6-11-7-12-8-13(14(12,4)5)15(11,16)9-10(2)3;1-4-7-5-8-6-9(10(7)12)11(8,2)3/h6,12-13,16H,2,7-9H2,1,3-5H3;4,8-9H,5-6H2,1-3H3/b11-6+;7-4+/t12-,13+,15+;8-,9-/m00/s1. The zero-order chi connectivity index (χ0) is 21.1. The van der Waals surface area contributed by atoms with E-state index in [9.17, 15) is 9.90 Å². The number of ketones is 1. The van der Waals surface area contributed by atoms with Crippen molar-refractivity contribution in [1.82, 2.24) is 0 Å². The van der Waals surface area contributed by atoms with Crippen molar-refractivity contribution in [2.75, 3.05) is 0 Å². The van der Waals surface area contributed by atoms with Crippen LogP contribution in [-0.2, 0) is 4.79 Å².